The van der Waals surface area contributed by atoms with Gasteiger partial charge in [-0.25, -0.2) is 9.67 Å². The summed E-state index contributed by atoms with van der Waals surface area (Å²) in [6.45, 7) is 11.2. The van der Waals surface area contributed by atoms with Gasteiger partial charge in [-0.05, 0) is 33.1 Å². The second-order valence-corrected chi connectivity index (χ2v) is 7.49. The fourth-order valence-electron chi connectivity index (χ4n) is 2.41. The third-order valence-electron chi connectivity index (χ3n) is 3.81. The molecule has 0 aliphatic heterocycles. The number of carbonyl (C=O) groups excluding carboxylic acids is 1. The summed E-state index contributed by atoms with van der Waals surface area (Å²) in [7, 11) is 0. The van der Waals surface area contributed by atoms with Crippen molar-refractivity contribution in [3.05, 3.63) is 22.9 Å². The standard InChI is InChI=1S/C17H27N5O2/c1-12(2)6-8-18-14(23)7-9-21-11-19-15-13(16(21)24)10-20-22(15)17(3,4)5/h10-12H,6-9H2,1-5H3,(H,18,23). The van der Waals surface area contributed by atoms with Gasteiger partial charge in [0, 0.05) is 19.5 Å². The lowest BCUT2D eigenvalue weighted by molar-refractivity contribution is -0.121. The maximum absolute atomic E-state index is 12.5. The first-order valence-corrected chi connectivity index (χ1v) is 8.40. The van der Waals surface area contributed by atoms with Crippen LogP contribution in [-0.4, -0.2) is 31.8 Å². The molecule has 2 rings (SSSR count). The second kappa shape index (κ2) is 7.15. The van der Waals surface area contributed by atoms with Gasteiger partial charge in [-0.3, -0.25) is 14.2 Å². The van der Waals surface area contributed by atoms with Crippen molar-refractivity contribution in [1.29, 1.82) is 0 Å². The van der Waals surface area contributed by atoms with Crippen LogP contribution < -0.4 is 10.9 Å². The molecule has 7 nitrogen and oxygen atoms in total. The summed E-state index contributed by atoms with van der Waals surface area (Å²) in [6, 6.07) is 0. The largest absolute Gasteiger partial charge is 0.356 e. The van der Waals surface area contributed by atoms with Gasteiger partial charge in [0.15, 0.2) is 5.65 Å². The van der Waals surface area contributed by atoms with Crippen molar-refractivity contribution in [2.45, 2.75) is 59.5 Å². The molecule has 2 aromatic heterocycles. The molecule has 2 aromatic rings. The van der Waals surface area contributed by atoms with Crippen molar-refractivity contribution in [3.63, 3.8) is 0 Å². The van der Waals surface area contributed by atoms with E-state index in [0.29, 0.717) is 30.0 Å². The Morgan fingerprint density at radius 2 is 2.04 bits per heavy atom. The molecule has 132 valence electrons. The van der Waals surface area contributed by atoms with E-state index < -0.39 is 0 Å². The predicted octanol–water partition coefficient (Wildman–Crippen LogP) is 1.90. The molecule has 7 heteroatoms. The molecule has 0 atom stereocenters. The lowest BCUT2D eigenvalue weighted by Crippen LogP contribution is -2.29. The maximum Gasteiger partial charge on any atom is 0.264 e. The number of rotatable bonds is 6. The highest BCUT2D eigenvalue weighted by molar-refractivity contribution is 5.76. The van der Waals surface area contributed by atoms with Crippen LogP contribution in [0, 0.1) is 5.92 Å². The Balaban J connectivity index is 2.07. The molecule has 0 aliphatic carbocycles. The Morgan fingerprint density at radius 3 is 2.67 bits per heavy atom. The molecule has 0 unspecified atom stereocenters. The van der Waals surface area contributed by atoms with Gasteiger partial charge in [0.2, 0.25) is 5.91 Å². The number of carbonyl (C=O) groups is 1. The number of hydrogen-bond donors (Lipinski definition) is 1. The minimum atomic E-state index is -0.246. The minimum Gasteiger partial charge on any atom is -0.356 e. The van der Waals surface area contributed by atoms with Gasteiger partial charge in [-0.1, -0.05) is 13.8 Å². The molecule has 0 aromatic carbocycles. The van der Waals surface area contributed by atoms with Gasteiger partial charge in [-0.2, -0.15) is 5.10 Å². The second-order valence-electron chi connectivity index (χ2n) is 7.49. The summed E-state index contributed by atoms with van der Waals surface area (Å²) in [4.78, 5) is 28.7. The molecule has 0 bridgehead atoms. The van der Waals surface area contributed by atoms with Crippen LogP contribution in [0.3, 0.4) is 0 Å². The third kappa shape index (κ3) is 4.21. The first-order chi connectivity index (χ1) is 11.2. The average Bonchev–Trinajstić information content (AvgIpc) is 2.91. The monoisotopic (exact) mass is 333 g/mol. The van der Waals surface area contributed by atoms with Crippen molar-refractivity contribution >= 4 is 16.9 Å². The topological polar surface area (TPSA) is 81.8 Å². The third-order valence-corrected chi connectivity index (χ3v) is 3.81. The normalized spacial score (nSPS) is 12.1. The van der Waals surface area contributed by atoms with Gasteiger partial charge < -0.3 is 5.32 Å². The lowest BCUT2D eigenvalue weighted by Gasteiger charge is -2.19. The molecule has 1 N–H and O–H groups in total. The number of hydrogen-bond acceptors (Lipinski definition) is 4. The highest BCUT2D eigenvalue weighted by Crippen LogP contribution is 2.17. The summed E-state index contributed by atoms with van der Waals surface area (Å²) in [6.07, 6.45) is 4.26. The van der Waals surface area contributed by atoms with E-state index in [0.717, 1.165) is 6.42 Å². The summed E-state index contributed by atoms with van der Waals surface area (Å²) in [5.41, 5.74) is 0.166. The van der Waals surface area contributed by atoms with Gasteiger partial charge in [0.1, 0.15) is 5.39 Å². The fourth-order valence-corrected chi connectivity index (χ4v) is 2.41. The Kier molecular flexibility index (Phi) is 5.41. The Labute approximate surface area is 142 Å². The fraction of sp³-hybridized carbons (Fsp3) is 0.647. The van der Waals surface area contributed by atoms with Crippen LogP contribution in [0.4, 0.5) is 0 Å². The zero-order chi connectivity index (χ0) is 17.9. The molecular weight excluding hydrogens is 306 g/mol. The number of nitrogens with one attached hydrogen (secondary N) is 1. The summed E-state index contributed by atoms with van der Waals surface area (Å²) in [5, 5.41) is 7.64. The molecule has 2 heterocycles. The predicted molar refractivity (Wildman–Crippen MR) is 93.9 cm³/mol. The number of amides is 1. The molecular formula is C17H27N5O2. The zero-order valence-corrected chi connectivity index (χ0v) is 15.2. The van der Waals surface area contributed by atoms with Crippen LogP contribution in [0.1, 0.15) is 47.5 Å². The molecule has 0 spiro atoms. The average molecular weight is 333 g/mol. The molecule has 0 fully saturated rings. The summed E-state index contributed by atoms with van der Waals surface area (Å²) >= 11 is 0. The number of nitrogens with zero attached hydrogens (tertiary/aromatic N) is 4. The smallest absolute Gasteiger partial charge is 0.264 e. The van der Waals surface area contributed by atoms with E-state index in [1.807, 2.05) is 20.8 Å². The van der Waals surface area contributed by atoms with Crippen LogP contribution in [0.15, 0.2) is 17.3 Å². The van der Waals surface area contributed by atoms with Crippen molar-refractivity contribution < 1.29 is 4.79 Å². The van der Waals surface area contributed by atoms with Crippen LogP contribution in [0.5, 0.6) is 0 Å². The van der Waals surface area contributed by atoms with E-state index in [9.17, 15) is 9.59 Å². The van der Waals surface area contributed by atoms with Crippen LogP contribution >= 0.6 is 0 Å². The van der Waals surface area contributed by atoms with E-state index in [-0.39, 0.29) is 23.4 Å². The van der Waals surface area contributed by atoms with Crippen molar-refractivity contribution in [1.82, 2.24) is 24.6 Å². The number of aryl methyl sites for hydroxylation is 1. The molecule has 24 heavy (non-hydrogen) atoms. The molecule has 0 radical (unpaired) electrons. The Morgan fingerprint density at radius 1 is 1.33 bits per heavy atom. The zero-order valence-electron chi connectivity index (χ0n) is 15.2. The van der Waals surface area contributed by atoms with E-state index in [4.69, 9.17) is 0 Å². The van der Waals surface area contributed by atoms with Gasteiger partial charge in [-0.15, -0.1) is 0 Å². The molecule has 0 aliphatic rings. The van der Waals surface area contributed by atoms with E-state index in [2.05, 4.69) is 29.2 Å². The highest BCUT2D eigenvalue weighted by Gasteiger charge is 2.19. The molecule has 0 saturated heterocycles. The van der Waals surface area contributed by atoms with Gasteiger partial charge >= 0.3 is 0 Å². The van der Waals surface area contributed by atoms with Gasteiger partial charge in [0.25, 0.3) is 5.56 Å². The number of aromatic nitrogens is 4. The van der Waals surface area contributed by atoms with Crippen LogP contribution in [-0.2, 0) is 16.9 Å². The number of fused-ring (bicyclic) bond motifs is 1. The Bertz CT molecular complexity index is 767. The summed E-state index contributed by atoms with van der Waals surface area (Å²) < 4.78 is 3.21. The Hall–Kier alpha value is -2.18. The van der Waals surface area contributed by atoms with E-state index >= 15 is 0 Å². The quantitative estimate of drug-likeness (QED) is 0.875. The highest BCUT2D eigenvalue weighted by atomic mass is 16.1. The van der Waals surface area contributed by atoms with Crippen molar-refractivity contribution in [2.24, 2.45) is 5.92 Å². The first kappa shape index (κ1) is 18.2. The van der Waals surface area contributed by atoms with Crippen molar-refractivity contribution in [2.75, 3.05) is 6.54 Å². The maximum atomic E-state index is 12.5. The van der Waals surface area contributed by atoms with E-state index in [1.54, 1.807) is 10.9 Å². The van der Waals surface area contributed by atoms with Crippen LogP contribution in [0.2, 0.25) is 0 Å². The van der Waals surface area contributed by atoms with Crippen molar-refractivity contribution in [3.8, 4) is 0 Å². The first-order valence-electron chi connectivity index (χ1n) is 8.40. The van der Waals surface area contributed by atoms with E-state index in [1.165, 1.54) is 10.9 Å². The summed E-state index contributed by atoms with van der Waals surface area (Å²) in [5.74, 6) is 0.506. The van der Waals surface area contributed by atoms with Gasteiger partial charge in [0.05, 0.1) is 18.1 Å². The molecule has 0 saturated carbocycles. The minimum absolute atomic E-state index is 0.0481. The lowest BCUT2D eigenvalue weighted by atomic mass is 10.1. The SMILES string of the molecule is CC(C)CCNC(=O)CCn1cnc2c(cnn2C(C)(C)C)c1=O. The van der Waals surface area contributed by atoms with Crippen LogP contribution in [0.25, 0.3) is 11.0 Å². The molecule has 1 amide bonds.